The van der Waals surface area contributed by atoms with Crippen LogP contribution in [0, 0.1) is 20.8 Å². The van der Waals surface area contributed by atoms with E-state index in [2.05, 4.69) is 20.5 Å². The maximum absolute atomic E-state index is 12.7. The molecule has 13 heteroatoms. The van der Waals surface area contributed by atoms with Gasteiger partial charge >= 0.3 is 0 Å². The number of thioether (sulfide) groups is 1. The topological polar surface area (TPSA) is 142 Å². The van der Waals surface area contributed by atoms with E-state index in [1.807, 2.05) is 23.6 Å². The lowest BCUT2D eigenvalue weighted by Crippen LogP contribution is -2.16. The average molecular weight is 547 g/mol. The smallest absolute Gasteiger partial charge is 0.238 e. The Labute approximate surface area is 217 Å². The number of aryl methyl sites for hydroxylation is 3. The summed E-state index contributed by atoms with van der Waals surface area (Å²) >= 11 is 7.73. The Kier molecular flexibility index (Phi) is 7.23. The molecule has 3 N–H and O–H groups in total. The zero-order valence-electron chi connectivity index (χ0n) is 19.9. The van der Waals surface area contributed by atoms with Crippen LogP contribution in [0.5, 0.6) is 5.88 Å². The summed E-state index contributed by atoms with van der Waals surface area (Å²) in [6.07, 6.45) is 0. The van der Waals surface area contributed by atoms with Gasteiger partial charge in [0.2, 0.25) is 21.8 Å². The fraction of sp³-hybridized carbons (Fsp3) is 0.217. The molecule has 0 fully saturated rings. The molecule has 0 atom stereocenters. The van der Waals surface area contributed by atoms with Gasteiger partial charge in [0, 0.05) is 17.1 Å². The normalized spacial score (nSPS) is 11.6. The third-order valence-corrected chi connectivity index (χ3v) is 7.59. The van der Waals surface area contributed by atoms with E-state index >= 15 is 0 Å². The minimum atomic E-state index is -3.83. The highest BCUT2D eigenvalue weighted by Crippen LogP contribution is 2.34. The van der Waals surface area contributed by atoms with Gasteiger partial charge in [-0.25, -0.2) is 18.5 Å². The van der Waals surface area contributed by atoms with Crippen LogP contribution in [0.25, 0.3) is 16.6 Å². The van der Waals surface area contributed by atoms with Gasteiger partial charge in [-0.1, -0.05) is 29.4 Å². The van der Waals surface area contributed by atoms with Crippen LogP contribution in [0.15, 0.2) is 46.5 Å². The molecule has 0 bridgehead atoms. The van der Waals surface area contributed by atoms with E-state index in [1.165, 1.54) is 37.1 Å². The number of sulfonamides is 1. The van der Waals surface area contributed by atoms with Gasteiger partial charge in [0.25, 0.3) is 0 Å². The Morgan fingerprint density at radius 3 is 2.56 bits per heavy atom. The molecular weight excluding hydrogens is 524 g/mol. The third kappa shape index (κ3) is 5.16. The summed E-state index contributed by atoms with van der Waals surface area (Å²) < 4.78 is 30.2. The first-order chi connectivity index (χ1) is 17.0. The molecule has 0 spiro atoms. The summed E-state index contributed by atoms with van der Waals surface area (Å²) in [6.45, 7) is 5.44. The SMILES string of the molecule is COc1cc(Cl)c2c(C)ccc(-n3c(C)nnc3SCC(=O)Nc3ccc(S(N)(=O)=O)cc3C)c2n1. The molecule has 2 heterocycles. The van der Waals surface area contributed by atoms with Crippen LogP contribution in [0.1, 0.15) is 17.0 Å². The predicted octanol–water partition coefficient (Wildman–Crippen LogP) is 3.78. The highest BCUT2D eigenvalue weighted by Gasteiger charge is 2.19. The van der Waals surface area contributed by atoms with Crippen molar-refractivity contribution < 1.29 is 17.9 Å². The monoisotopic (exact) mass is 546 g/mol. The van der Waals surface area contributed by atoms with Crippen molar-refractivity contribution in [2.75, 3.05) is 18.2 Å². The number of carbonyl (C=O) groups is 1. The van der Waals surface area contributed by atoms with Gasteiger partial charge in [0.05, 0.1) is 28.5 Å². The van der Waals surface area contributed by atoms with E-state index in [0.29, 0.717) is 44.3 Å². The maximum atomic E-state index is 12.7. The molecule has 0 aliphatic carbocycles. The molecule has 4 rings (SSSR count). The Hall–Kier alpha value is -3.19. The van der Waals surface area contributed by atoms with Crippen molar-refractivity contribution >= 4 is 55.9 Å². The number of ether oxygens (including phenoxy) is 1. The van der Waals surface area contributed by atoms with Crippen molar-refractivity contribution in [3.63, 3.8) is 0 Å². The minimum Gasteiger partial charge on any atom is -0.481 e. The van der Waals surface area contributed by atoms with Gasteiger partial charge in [-0.3, -0.25) is 9.36 Å². The second-order valence-electron chi connectivity index (χ2n) is 8.00. The molecule has 1 amide bonds. The van der Waals surface area contributed by atoms with Crippen molar-refractivity contribution in [1.29, 1.82) is 0 Å². The van der Waals surface area contributed by atoms with Crippen LogP contribution in [0.4, 0.5) is 5.69 Å². The predicted molar refractivity (Wildman–Crippen MR) is 140 cm³/mol. The fourth-order valence-electron chi connectivity index (χ4n) is 3.69. The Bertz CT molecular complexity index is 1600. The van der Waals surface area contributed by atoms with Gasteiger partial charge in [-0.2, -0.15) is 0 Å². The van der Waals surface area contributed by atoms with Crippen molar-refractivity contribution in [2.24, 2.45) is 5.14 Å². The van der Waals surface area contributed by atoms with E-state index in [0.717, 1.165) is 10.9 Å². The lowest BCUT2D eigenvalue weighted by molar-refractivity contribution is -0.113. The van der Waals surface area contributed by atoms with Gasteiger partial charge in [0.15, 0.2) is 5.16 Å². The lowest BCUT2D eigenvalue weighted by atomic mass is 10.1. The first-order valence-corrected chi connectivity index (χ1v) is 13.5. The van der Waals surface area contributed by atoms with E-state index < -0.39 is 10.0 Å². The first-order valence-electron chi connectivity index (χ1n) is 10.6. The zero-order chi connectivity index (χ0) is 26.2. The third-order valence-electron chi connectivity index (χ3n) is 5.45. The second-order valence-corrected chi connectivity index (χ2v) is 10.9. The lowest BCUT2D eigenvalue weighted by Gasteiger charge is -2.14. The molecule has 2 aromatic carbocycles. The van der Waals surface area contributed by atoms with E-state index in [4.69, 9.17) is 21.5 Å². The van der Waals surface area contributed by atoms with Gasteiger partial charge in [0.1, 0.15) is 11.3 Å². The number of nitrogens with one attached hydrogen (secondary N) is 1. The number of halogens is 1. The summed E-state index contributed by atoms with van der Waals surface area (Å²) in [6, 6.07) is 9.76. The highest BCUT2D eigenvalue weighted by molar-refractivity contribution is 7.99. The standard InChI is InChI=1S/C23H23ClN6O4S2/c1-12-5-8-18(22-21(12)16(24)10-20(27-22)34-4)30-14(3)28-29-23(30)35-11-19(31)26-17-7-6-15(9-13(17)2)36(25,32)33/h5-10H,11H2,1-4H3,(H,26,31)(H2,25,32,33). The van der Waals surface area contributed by atoms with Crippen molar-refractivity contribution in [1.82, 2.24) is 19.7 Å². The number of pyridine rings is 1. The highest BCUT2D eigenvalue weighted by atomic mass is 35.5. The quantitative estimate of drug-likeness (QED) is 0.333. The fourth-order valence-corrected chi connectivity index (χ4v) is 5.41. The maximum Gasteiger partial charge on any atom is 0.238 e. The van der Waals surface area contributed by atoms with E-state index in [1.54, 1.807) is 19.9 Å². The molecule has 0 unspecified atom stereocenters. The number of carbonyl (C=O) groups excluding carboxylic acids is 1. The Morgan fingerprint density at radius 1 is 1.14 bits per heavy atom. The number of anilines is 1. The summed E-state index contributed by atoms with van der Waals surface area (Å²) in [5.74, 6) is 0.728. The van der Waals surface area contributed by atoms with Crippen LogP contribution in [0.3, 0.4) is 0 Å². The summed E-state index contributed by atoms with van der Waals surface area (Å²) in [5.41, 5.74) is 3.34. The van der Waals surface area contributed by atoms with Gasteiger partial charge in [-0.15, -0.1) is 10.2 Å². The molecule has 0 aliphatic rings. The number of benzene rings is 2. The second kappa shape index (κ2) is 10.1. The minimum absolute atomic E-state index is 0.0216. The summed E-state index contributed by atoms with van der Waals surface area (Å²) in [7, 11) is -2.31. The van der Waals surface area contributed by atoms with Crippen LogP contribution in [0.2, 0.25) is 5.02 Å². The number of hydrogen-bond donors (Lipinski definition) is 2. The molecule has 36 heavy (non-hydrogen) atoms. The number of hydrogen-bond acceptors (Lipinski definition) is 8. The Morgan fingerprint density at radius 2 is 1.89 bits per heavy atom. The van der Waals surface area contributed by atoms with Crippen molar-refractivity contribution in [3.8, 4) is 11.6 Å². The summed E-state index contributed by atoms with van der Waals surface area (Å²) in [4.78, 5) is 17.3. The van der Waals surface area contributed by atoms with E-state index in [-0.39, 0.29) is 16.6 Å². The van der Waals surface area contributed by atoms with Crippen LogP contribution >= 0.6 is 23.4 Å². The first kappa shape index (κ1) is 25.9. The number of nitrogens with two attached hydrogens (primary N) is 1. The average Bonchev–Trinajstić information content (AvgIpc) is 3.18. The van der Waals surface area contributed by atoms with Gasteiger partial charge < -0.3 is 10.1 Å². The molecule has 0 radical (unpaired) electrons. The number of primary sulfonamides is 1. The zero-order valence-corrected chi connectivity index (χ0v) is 22.3. The molecular formula is C23H23ClN6O4S2. The van der Waals surface area contributed by atoms with Gasteiger partial charge in [-0.05, 0) is 56.2 Å². The number of amides is 1. The van der Waals surface area contributed by atoms with Crippen LogP contribution in [-0.4, -0.2) is 46.9 Å². The Balaban J connectivity index is 1.61. The molecule has 2 aromatic heterocycles. The number of fused-ring (bicyclic) bond motifs is 1. The van der Waals surface area contributed by atoms with Crippen molar-refractivity contribution in [3.05, 3.63) is 58.4 Å². The molecule has 0 saturated carbocycles. The molecule has 10 nitrogen and oxygen atoms in total. The molecule has 0 aliphatic heterocycles. The van der Waals surface area contributed by atoms with E-state index in [9.17, 15) is 13.2 Å². The largest absolute Gasteiger partial charge is 0.481 e. The van der Waals surface area contributed by atoms with Crippen LogP contribution in [-0.2, 0) is 14.8 Å². The van der Waals surface area contributed by atoms with Crippen molar-refractivity contribution in [2.45, 2.75) is 30.8 Å². The summed E-state index contributed by atoms with van der Waals surface area (Å²) in [5, 5.41) is 18.2. The number of nitrogens with zero attached hydrogens (tertiary/aromatic N) is 4. The van der Waals surface area contributed by atoms with Crippen LogP contribution < -0.4 is 15.2 Å². The molecule has 0 saturated heterocycles. The number of methoxy groups -OCH3 is 1. The number of rotatable bonds is 7. The molecule has 4 aromatic rings. The molecule has 188 valence electrons. The number of aromatic nitrogens is 4.